The average molecular weight is 167 g/mol. The quantitative estimate of drug-likeness (QED) is 0.598. The standard InChI is InChI=1S/C9H13NO2/c11-9-10-8(6-12-9)7-4-2-1-3-5-7/h1-6H2,(H,10,11). The van der Waals surface area contributed by atoms with Gasteiger partial charge < -0.3 is 4.74 Å². The van der Waals surface area contributed by atoms with Crippen LogP contribution in [0.3, 0.4) is 0 Å². The molecular weight excluding hydrogens is 154 g/mol. The average Bonchev–Trinajstić information content (AvgIpc) is 2.54. The van der Waals surface area contributed by atoms with Crippen LogP contribution in [0.15, 0.2) is 11.3 Å². The van der Waals surface area contributed by atoms with Crippen molar-refractivity contribution in [2.75, 3.05) is 6.61 Å². The van der Waals surface area contributed by atoms with Gasteiger partial charge in [0.05, 0.1) is 5.70 Å². The fourth-order valence-electron chi connectivity index (χ4n) is 1.80. The van der Waals surface area contributed by atoms with E-state index < -0.39 is 0 Å². The number of ether oxygens (including phenoxy) is 1. The predicted octanol–water partition coefficient (Wildman–Crippen LogP) is 1.94. The Kier molecular flexibility index (Phi) is 2.02. The van der Waals surface area contributed by atoms with E-state index in [-0.39, 0.29) is 6.09 Å². The van der Waals surface area contributed by atoms with E-state index in [2.05, 4.69) is 5.32 Å². The van der Waals surface area contributed by atoms with Gasteiger partial charge in [0, 0.05) is 0 Å². The summed E-state index contributed by atoms with van der Waals surface area (Å²) in [5.74, 6) is 0. The minimum atomic E-state index is -0.289. The molecule has 2 rings (SSSR count). The van der Waals surface area contributed by atoms with Gasteiger partial charge >= 0.3 is 6.09 Å². The topological polar surface area (TPSA) is 38.3 Å². The van der Waals surface area contributed by atoms with Gasteiger partial charge in [-0.3, -0.25) is 5.32 Å². The zero-order valence-electron chi connectivity index (χ0n) is 7.06. The first-order chi connectivity index (χ1) is 5.86. The van der Waals surface area contributed by atoms with Crippen LogP contribution in [-0.4, -0.2) is 12.7 Å². The summed E-state index contributed by atoms with van der Waals surface area (Å²) in [6.45, 7) is 0.466. The summed E-state index contributed by atoms with van der Waals surface area (Å²) in [6, 6.07) is 0. The van der Waals surface area contributed by atoms with Crippen molar-refractivity contribution >= 4 is 6.09 Å². The number of hydrogen-bond acceptors (Lipinski definition) is 2. The predicted molar refractivity (Wildman–Crippen MR) is 44.6 cm³/mol. The van der Waals surface area contributed by atoms with Crippen LogP contribution in [0.25, 0.3) is 0 Å². The van der Waals surface area contributed by atoms with Crippen molar-refractivity contribution in [3.05, 3.63) is 11.3 Å². The van der Waals surface area contributed by atoms with Gasteiger partial charge in [0.2, 0.25) is 0 Å². The highest BCUT2D eigenvalue weighted by Crippen LogP contribution is 2.26. The second kappa shape index (κ2) is 3.17. The zero-order chi connectivity index (χ0) is 8.39. The summed E-state index contributed by atoms with van der Waals surface area (Å²) >= 11 is 0. The van der Waals surface area contributed by atoms with Crippen molar-refractivity contribution in [3.8, 4) is 0 Å². The zero-order valence-corrected chi connectivity index (χ0v) is 7.06. The molecule has 1 heterocycles. The molecule has 1 aliphatic heterocycles. The van der Waals surface area contributed by atoms with Crippen LogP contribution in [0.4, 0.5) is 4.79 Å². The van der Waals surface area contributed by atoms with E-state index in [0.29, 0.717) is 6.61 Å². The lowest BCUT2D eigenvalue weighted by molar-refractivity contribution is 0.179. The number of rotatable bonds is 0. The first-order valence-corrected chi connectivity index (χ1v) is 4.51. The smallest absolute Gasteiger partial charge is 0.411 e. The molecule has 0 bridgehead atoms. The van der Waals surface area contributed by atoms with E-state index in [9.17, 15) is 4.79 Å². The van der Waals surface area contributed by atoms with Gasteiger partial charge in [-0.05, 0) is 31.3 Å². The number of nitrogens with one attached hydrogen (secondary N) is 1. The molecule has 0 aromatic rings. The van der Waals surface area contributed by atoms with Crippen LogP contribution >= 0.6 is 0 Å². The lowest BCUT2D eigenvalue weighted by Gasteiger charge is -2.14. The number of alkyl carbamates (subject to hydrolysis) is 1. The minimum Gasteiger partial charge on any atom is -0.443 e. The summed E-state index contributed by atoms with van der Waals surface area (Å²) in [7, 11) is 0. The molecule has 3 heteroatoms. The lowest BCUT2D eigenvalue weighted by Crippen LogP contribution is -2.14. The summed E-state index contributed by atoms with van der Waals surface area (Å²) in [5, 5.41) is 2.74. The van der Waals surface area contributed by atoms with Crippen molar-refractivity contribution < 1.29 is 9.53 Å². The third-order valence-electron chi connectivity index (χ3n) is 2.48. The molecule has 0 unspecified atom stereocenters. The van der Waals surface area contributed by atoms with E-state index in [1.807, 2.05) is 0 Å². The fourth-order valence-corrected chi connectivity index (χ4v) is 1.80. The second-order valence-corrected chi connectivity index (χ2v) is 3.34. The maximum Gasteiger partial charge on any atom is 0.411 e. The second-order valence-electron chi connectivity index (χ2n) is 3.34. The van der Waals surface area contributed by atoms with E-state index in [1.54, 1.807) is 0 Å². The Morgan fingerprint density at radius 1 is 1.17 bits per heavy atom. The van der Waals surface area contributed by atoms with E-state index in [4.69, 9.17) is 4.74 Å². The van der Waals surface area contributed by atoms with Gasteiger partial charge in [-0.15, -0.1) is 0 Å². The Hall–Kier alpha value is -0.990. The first-order valence-electron chi connectivity index (χ1n) is 4.51. The number of amides is 1. The Bertz CT molecular complexity index is 225. The number of carbonyl (C=O) groups is 1. The van der Waals surface area contributed by atoms with Crippen molar-refractivity contribution in [1.29, 1.82) is 0 Å². The van der Waals surface area contributed by atoms with Crippen LogP contribution in [0.2, 0.25) is 0 Å². The molecule has 0 radical (unpaired) electrons. The molecule has 0 aromatic carbocycles. The Labute approximate surface area is 71.8 Å². The van der Waals surface area contributed by atoms with Crippen LogP contribution in [0, 0.1) is 0 Å². The van der Waals surface area contributed by atoms with Crippen molar-refractivity contribution in [1.82, 2.24) is 5.32 Å². The Morgan fingerprint density at radius 3 is 2.50 bits per heavy atom. The summed E-state index contributed by atoms with van der Waals surface area (Å²) in [6.07, 6.45) is 5.83. The number of hydrogen-bond donors (Lipinski definition) is 1. The molecule has 1 saturated carbocycles. The SMILES string of the molecule is O=C1NC(=C2CCCCC2)CO1. The maximum absolute atomic E-state index is 10.7. The first kappa shape index (κ1) is 7.65. The van der Waals surface area contributed by atoms with E-state index >= 15 is 0 Å². The van der Waals surface area contributed by atoms with E-state index in [1.165, 1.54) is 24.8 Å². The van der Waals surface area contributed by atoms with Crippen molar-refractivity contribution in [2.45, 2.75) is 32.1 Å². The number of cyclic esters (lactones) is 1. The van der Waals surface area contributed by atoms with E-state index in [0.717, 1.165) is 18.5 Å². The highest BCUT2D eigenvalue weighted by atomic mass is 16.6. The molecule has 66 valence electrons. The molecule has 1 saturated heterocycles. The summed E-state index contributed by atoms with van der Waals surface area (Å²) < 4.78 is 4.81. The molecule has 0 atom stereocenters. The monoisotopic (exact) mass is 167 g/mol. The third-order valence-corrected chi connectivity index (χ3v) is 2.48. The van der Waals surface area contributed by atoms with Crippen LogP contribution in [0.5, 0.6) is 0 Å². The minimum absolute atomic E-state index is 0.289. The molecule has 2 fully saturated rings. The third kappa shape index (κ3) is 1.44. The van der Waals surface area contributed by atoms with Gasteiger partial charge in [-0.1, -0.05) is 6.42 Å². The van der Waals surface area contributed by atoms with Crippen LogP contribution in [0.1, 0.15) is 32.1 Å². The molecule has 0 aromatic heterocycles. The highest BCUT2D eigenvalue weighted by Gasteiger charge is 2.20. The lowest BCUT2D eigenvalue weighted by atomic mass is 9.93. The van der Waals surface area contributed by atoms with Gasteiger partial charge in [-0.2, -0.15) is 0 Å². The molecule has 1 aliphatic carbocycles. The highest BCUT2D eigenvalue weighted by molar-refractivity contribution is 5.72. The van der Waals surface area contributed by atoms with Crippen LogP contribution < -0.4 is 5.32 Å². The molecule has 1 N–H and O–H groups in total. The summed E-state index contributed by atoms with van der Waals surface area (Å²) in [5.41, 5.74) is 2.42. The van der Waals surface area contributed by atoms with Crippen LogP contribution in [-0.2, 0) is 4.74 Å². The summed E-state index contributed by atoms with van der Waals surface area (Å²) in [4.78, 5) is 10.7. The normalized spacial score (nSPS) is 23.8. The van der Waals surface area contributed by atoms with Crippen molar-refractivity contribution in [3.63, 3.8) is 0 Å². The Morgan fingerprint density at radius 2 is 1.92 bits per heavy atom. The maximum atomic E-state index is 10.7. The van der Waals surface area contributed by atoms with Gasteiger partial charge in [0.1, 0.15) is 6.61 Å². The van der Waals surface area contributed by atoms with Gasteiger partial charge in [0.25, 0.3) is 0 Å². The van der Waals surface area contributed by atoms with Gasteiger partial charge in [0.15, 0.2) is 0 Å². The molecule has 3 nitrogen and oxygen atoms in total. The molecule has 2 aliphatic rings. The molecule has 1 amide bonds. The number of carbonyl (C=O) groups excluding carboxylic acids is 1. The molecule has 0 spiro atoms. The Balaban J connectivity index is 2.08. The number of allylic oxidation sites excluding steroid dienone is 1. The van der Waals surface area contributed by atoms with Crippen molar-refractivity contribution in [2.24, 2.45) is 0 Å². The molecular formula is C9H13NO2. The molecule has 12 heavy (non-hydrogen) atoms. The van der Waals surface area contributed by atoms with Gasteiger partial charge in [-0.25, -0.2) is 4.79 Å². The largest absolute Gasteiger partial charge is 0.443 e. The fraction of sp³-hybridized carbons (Fsp3) is 0.667.